The summed E-state index contributed by atoms with van der Waals surface area (Å²) in [6.45, 7) is 3.07. The standard InChI is InChI=1S/C9H13NO2/c1-2-8-12-9(11)10-6-4-3-5-7-10/h3-6H,2,7-8H2,1H3. The highest BCUT2D eigenvalue weighted by atomic mass is 16.6. The van der Waals surface area contributed by atoms with E-state index in [0.717, 1.165) is 6.42 Å². The fraction of sp³-hybridized carbons (Fsp3) is 0.444. The molecule has 0 unspecified atom stereocenters. The number of carbonyl (C=O) groups is 1. The molecule has 66 valence electrons. The lowest BCUT2D eigenvalue weighted by molar-refractivity contribution is 0.120. The lowest BCUT2D eigenvalue weighted by atomic mass is 10.4. The molecule has 0 atom stereocenters. The number of carbonyl (C=O) groups excluding carboxylic acids is 1. The Kier molecular flexibility index (Phi) is 3.38. The monoisotopic (exact) mass is 167 g/mol. The van der Waals surface area contributed by atoms with Gasteiger partial charge in [-0.25, -0.2) is 4.79 Å². The Balaban J connectivity index is 2.32. The van der Waals surface area contributed by atoms with E-state index >= 15 is 0 Å². The molecule has 0 aromatic rings. The van der Waals surface area contributed by atoms with Crippen LogP contribution in [-0.2, 0) is 4.74 Å². The van der Waals surface area contributed by atoms with Crippen molar-refractivity contribution in [2.75, 3.05) is 13.2 Å². The molecule has 1 aliphatic heterocycles. The lowest BCUT2D eigenvalue weighted by Crippen LogP contribution is -2.27. The summed E-state index contributed by atoms with van der Waals surface area (Å²) in [5.41, 5.74) is 0. The van der Waals surface area contributed by atoms with Crippen LogP contribution < -0.4 is 0 Å². The predicted molar refractivity (Wildman–Crippen MR) is 46.6 cm³/mol. The van der Waals surface area contributed by atoms with E-state index < -0.39 is 0 Å². The minimum absolute atomic E-state index is 0.266. The zero-order chi connectivity index (χ0) is 8.81. The highest BCUT2D eigenvalue weighted by Crippen LogP contribution is 2.01. The summed E-state index contributed by atoms with van der Waals surface area (Å²) in [7, 11) is 0. The van der Waals surface area contributed by atoms with Gasteiger partial charge in [0.25, 0.3) is 0 Å². The lowest BCUT2D eigenvalue weighted by Gasteiger charge is -2.17. The van der Waals surface area contributed by atoms with Crippen LogP contribution in [0, 0.1) is 0 Å². The van der Waals surface area contributed by atoms with Gasteiger partial charge in [0, 0.05) is 12.7 Å². The van der Waals surface area contributed by atoms with Gasteiger partial charge in [-0.2, -0.15) is 0 Å². The van der Waals surface area contributed by atoms with Crippen LogP contribution in [0.2, 0.25) is 0 Å². The van der Waals surface area contributed by atoms with Crippen molar-refractivity contribution in [3.05, 3.63) is 24.4 Å². The summed E-state index contributed by atoms with van der Waals surface area (Å²) in [5.74, 6) is 0. The number of rotatable bonds is 2. The summed E-state index contributed by atoms with van der Waals surface area (Å²) >= 11 is 0. The molecule has 0 fully saturated rings. The van der Waals surface area contributed by atoms with E-state index in [0.29, 0.717) is 13.2 Å². The second-order valence-electron chi connectivity index (χ2n) is 2.54. The van der Waals surface area contributed by atoms with Crippen LogP contribution in [0.1, 0.15) is 13.3 Å². The molecule has 3 nitrogen and oxygen atoms in total. The van der Waals surface area contributed by atoms with E-state index in [2.05, 4.69) is 0 Å². The number of ether oxygens (including phenoxy) is 1. The van der Waals surface area contributed by atoms with Crippen LogP contribution >= 0.6 is 0 Å². The Bertz CT molecular complexity index is 209. The van der Waals surface area contributed by atoms with Crippen molar-refractivity contribution in [2.24, 2.45) is 0 Å². The fourth-order valence-corrected chi connectivity index (χ4v) is 0.875. The minimum atomic E-state index is -0.266. The number of amides is 1. The van der Waals surface area contributed by atoms with E-state index in [9.17, 15) is 4.79 Å². The van der Waals surface area contributed by atoms with Crippen molar-refractivity contribution in [3.63, 3.8) is 0 Å². The second-order valence-corrected chi connectivity index (χ2v) is 2.54. The van der Waals surface area contributed by atoms with Gasteiger partial charge in [0.1, 0.15) is 0 Å². The number of allylic oxidation sites excluding steroid dienone is 2. The van der Waals surface area contributed by atoms with Crippen molar-refractivity contribution >= 4 is 6.09 Å². The molecule has 0 N–H and O–H groups in total. The Labute approximate surface area is 72.3 Å². The zero-order valence-electron chi connectivity index (χ0n) is 7.19. The molecule has 0 aromatic carbocycles. The van der Waals surface area contributed by atoms with Crippen LogP contribution in [0.5, 0.6) is 0 Å². The topological polar surface area (TPSA) is 29.5 Å². The van der Waals surface area contributed by atoms with Crippen molar-refractivity contribution in [2.45, 2.75) is 13.3 Å². The van der Waals surface area contributed by atoms with Gasteiger partial charge < -0.3 is 4.74 Å². The van der Waals surface area contributed by atoms with Gasteiger partial charge in [0.2, 0.25) is 0 Å². The molecular weight excluding hydrogens is 154 g/mol. The molecule has 0 radical (unpaired) electrons. The van der Waals surface area contributed by atoms with Crippen LogP contribution in [0.4, 0.5) is 4.79 Å². The van der Waals surface area contributed by atoms with E-state index in [1.165, 1.54) is 4.90 Å². The average molecular weight is 167 g/mol. The van der Waals surface area contributed by atoms with Crippen molar-refractivity contribution < 1.29 is 9.53 Å². The zero-order valence-corrected chi connectivity index (χ0v) is 7.19. The van der Waals surface area contributed by atoms with Gasteiger partial charge in [0.15, 0.2) is 0 Å². The fourth-order valence-electron chi connectivity index (χ4n) is 0.875. The van der Waals surface area contributed by atoms with Gasteiger partial charge in [-0.15, -0.1) is 0 Å². The summed E-state index contributed by atoms with van der Waals surface area (Å²) < 4.78 is 4.93. The van der Waals surface area contributed by atoms with E-state index in [1.54, 1.807) is 6.20 Å². The summed E-state index contributed by atoms with van der Waals surface area (Å²) in [6.07, 6.45) is 7.95. The second kappa shape index (κ2) is 4.59. The summed E-state index contributed by atoms with van der Waals surface area (Å²) in [6, 6.07) is 0. The highest BCUT2D eigenvalue weighted by Gasteiger charge is 2.10. The third-order valence-corrected chi connectivity index (χ3v) is 1.48. The first kappa shape index (κ1) is 8.84. The first-order valence-corrected chi connectivity index (χ1v) is 4.11. The molecule has 0 spiro atoms. The molecule has 1 heterocycles. The van der Waals surface area contributed by atoms with Crippen molar-refractivity contribution in [1.29, 1.82) is 0 Å². The maximum Gasteiger partial charge on any atom is 0.414 e. The summed E-state index contributed by atoms with van der Waals surface area (Å²) in [5, 5.41) is 0. The molecule has 3 heteroatoms. The maximum absolute atomic E-state index is 11.2. The first-order chi connectivity index (χ1) is 5.84. The number of hydrogen-bond donors (Lipinski definition) is 0. The van der Waals surface area contributed by atoms with Gasteiger partial charge in [-0.05, 0) is 12.5 Å². The van der Waals surface area contributed by atoms with E-state index in [4.69, 9.17) is 4.74 Å². The van der Waals surface area contributed by atoms with Crippen molar-refractivity contribution in [3.8, 4) is 0 Å². The Morgan fingerprint density at radius 3 is 3.00 bits per heavy atom. The smallest absolute Gasteiger partial charge is 0.414 e. The van der Waals surface area contributed by atoms with Gasteiger partial charge >= 0.3 is 6.09 Å². The van der Waals surface area contributed by atoms with Gasteiger partial charge in [0.05, 0.1) is 6.61 Å². The van der Waals surface area contributed by atoms with Gasteiger partial charge in [-0.3, -0.25) is 4.90 Å². The van der Waals surface area contributed by atoms with Crippen LogP contribution in [0.3, 0.4) is 0 Å². The third-order valence-electron chi connectivity index (χ3n) is 1.48. The summed E-state index contributed by atoms with van der Waals surface area (Å²) in [4.78, 5) is 12.7. The van der Waals surface area contributed by atoms with E-state index in [-0.39, 0.29) is 6.09 Å². The number of hydrogen-bond acceptors (Lipinski definition) is 2. The normalized spacial score (nSPS) is 14.9. The van der Waals surface area contributed by atoms with Crippen LogP contribution in [0.15, 0.2) is 24.4 Å². The minimum Gasteiger partial charge on any atom is -0.449 e. The quantitative estimate of drug-likeness (QED) is 0.628. The largest absolute Gasteiger partial charge is 0.449 e. The first-order valence-electron chi connectivity index (χ1n) is 4.11. The Hall–Kier alpha value is -1.25. The van der Waals surface area contributed by atoms with Gasteiger partial charge in [-0.1, -0.05) is 19.1 Å². The molecule has 0 aliphatic carbocycles. The maximum atomic E-state index is 11.2. The Morgan fingerprint density at radius 1 is 1.58 bits per heavy atom. The average Bonchev–Trinajstić information content (AvgIpc) is 2.15. The molecule has 1 amide bonds. The Morgan fingerprint density at radius 2 is 2.42 bits per heavy atom. The highest BCUT2D eigenvalue weighted by molar-refractivity contribution is 5.69. The SMILES string of the molecule is CCCOC(=O)N1C=CC=CC1. The molecule has 0 bridgehead atoms. The third kappa shape index (κ3) is 2.42. The molecular formula is C9H13NO2. The molecule has 12 heavy (non-hydrogen) atoms. The predicted octanol–water partition coefficient (Wildman–Crippen LogP) is 1.92. The molecule has 0 aromatic heterocycles. The van der Waals surface area contributed by atoms with Crippen LogP contribution in [-0.4, -0.2) is 24.1 Å². The van der Waals surface area contributed by atoms with Crippen molar-refractivity contribution in [1.82, 2.24) is 4.90 Å². The molecule has 1 aliphatic rings. The van der Waals surface area contributed by atoms with E-state index in [1.807, 2.05) is 25.2 Å². The molecule has 0 saturated heterocycles. The van der Waals surface area contributed by atoms with Crippen LogP contribution in [0.25, 0.3) is 0 Å². The molecule has 1 rings (SSSR count). The molecule has 0 saturated carbocycles. The number of nitrogens with zero attached hydrogens (tertiary/aromatic N) is 1.